The number of hydrogen-bond donors (Lipinski definition) is 2. The topological polar surface area (TPSA) is 74.6 Å². The standard InChI is InChI=1S/C28H34O4/c1-18(2)12-13-22-25(30)23(24(29)21-10-8-7-9-11-21)27(32)28(26(22)31,16-14-19(3)4)17-15-20(5)6/h7-12,14-15,30-31H,13,16-17H2,1-6H3. The van der Waals surface area contributed by atoms with Gasteiger partial charge in [-0.3, -0.25) is 9.59 Å². The van der Waals surface area contributed by atoms with Crippen LogP contribution in [0.5, 0.6) is 0 Å². The van der Waals surface area contributed by atoms with Gasteiger partial charge in [-0.2, -0.15) is 0 Å². The molecule has 2 rings (SSSR count). The molecule has 0 saturated carbocycles. The summed E-state index contributed by atoms with van der Waals surface area (Å²) in [6.45, 7) is 11.5. The minimum atomic E-state index is -1.34. The zero-order chi connectivity index (χ0) is 24.1. The summed E-state index contributed by atoms with van der Waals surface area (Å²) in [4.78, 5) is 27.3. The molecule has 1 aliphatic rings. The molecule has 0 unspecified atom stereocenters. The van der Waals surface area contributed by atoms with Crippen LogP contribution in [0.15, 0.2) is 87.9 Å². The van der Waals surface area contributed by atoms with E-state index in [9.17, 15) is 19.8 Å². The molecule has 32 heavy (non-hydrogen) atoms. The molecule has 4 nitrogen and oxygen atoms in total. The van der Waals surface area contributed by atoms with E-state index in [-0.39, 0.29) is 36.2 Å². The zero-order valence-corrected chi connectivity index (χ0v) is 20.0. The molecule has 0 aliphatic heterocycles. The minimum Gasteiger partial charge on any atom is -0.511 e. The van der Waals surface area contributed by atoms with Gasteiger partial charge in [0.05, 0.1) is 5.41 Å². The van der Waals surface area contributed by atoms with Gasteiger partial charge < -0.3 is 10.2 Å². The summed E-state index contributed by atoms with van der Waals surface area (Å²) < 4.78 is 0. The Balaban J connectivity index is 2.82. The average Bonchev–Trinajstić information content (AvgIpc) is 2.73. The van der Waals surface area contributed by atoms with E-state index in [4.69, 9.17) is 0 Å². The van der Waals surface area contributed by atoms with E-state index in [0.717, 1.165) is 16.7 Å². The molecule has 170 valence electrons. The maximum atomic E-state index is 13.9. The van der Waals surface area contributed by atoms with Gasteiger partial charge in [0.1, 0.15) is 17.1 Å². The summed E-state index contributed by atoms with van der Waals surface area (Å²) in [6, 6.07) is 8.47. The van der Waals surface area contributed by atoms with Gasteiger partial charge in [0.2, 0.25) is 0 Å². The first-order valence-corrected chi connectivity index (χ1v) is 10.9. The number of Topliss-reactive ketones (excluding diaryl/α,β-unsaturated/α-hetero) is 2. The van der Waals surface area contributed by atoms with Crippen LogP contribution in [0.3, 0.4) is 0 Å². The largest absolute Gasteiger partial charge is 0.511 e. The number of carbonyl (C=O) groups excluding carboxylic acids is 2. The molecule has 4 heteroatoms. The Morgan fingerprint density at radius 2 is 1.34 bits per heavy atom. The maximum Gasteiger partial charge on any atom is 0.200 e. The van der Waals surface area contributed by atoms with E-state index in [1.54, 1.807) is 30.3 Å². The van der Waals surface area contributed by atoms with Crippen LogP contribution in [-0.2, 0) is 4.79 Å². The van der Waals surface area contributed by atoms with Crippen molar-refractivity contribution in [2.24, 2.45) is 5.41 Å². The summed E-state index contributed by atoms with van der Waals surface area (Å²) in [7, 11) is 0. The molecule has 0 bridgehead atoms. The lowest BCUT2D eigenvalue weighted by Crippen LogP contribution is -2.40. The average molecular weight is 435 g/mol. The lowest BCUT2D eigenvalue weighted by atomic mass is 9.66. The fraction of sp³-hybridized carbons (Fsp3) is 0.357. The summed E-state index contributed by atoms with van der Waals surface area (Å²) in [6.07, 6.45) is 6.37. The number of hydrogen-bond acceptors (Lipinski definition) is 4. The molecule has 1 aromatic carbocycles. The predicted octanol–water partition coefficient (Wildman–Crippen LogP) is 7.13. The van der Waals surface area contributed by atoms with Crippen LogP contribution in [0.4, 0.5) is 0 Å². The first-order chi connectivity index (χ1) is 15.0. The number of benzene rings is 1. The Labute approximate surface area is 191 Å². The molecule has 0 saturated heterocycles. The molecular weight excluding hydrogens is 400 g/mol. The zero-order valence-electron chi connectivity index (χ0n) is 20.0. The van der Waals surface area contributed by atoms with E-state index in [0.29, 0.717) is 5.56 Å². The third kappa shape index (κ3) is 5.37. The van der Waals surface area contributed by atoms with Crippen molar-refractivity contribution in [3.63, 3.8) is 0 Å². The van der Waals surface area contributed by atoms with E-state index in [2.05, 4.69) is 0 Å². The SMILES string of the molecule is CC(C)=CCC1=C(O)C(CC=C(C)C)(CC=C(C)C)C(=O)C(C(=O)c2ccccc2)=C1O. The van der Waals surface area contributed by atoms with Crippen molar-refractivity contribution < 1.29 is 19.8 Å². The Kier molecular flexibility index (Phi) is 8.20. The first kappa shape index (κ1) is 25.1. The first-order valence-electron chi connectivity index (χ1n) is 10.9. The molecule has 0 aromatic heterocycles. The van der Waals surface area contributed by atoms with E-state index in [1.165, 1.54) is 0 Å². The van der Waals surface area contributed by atoms with Crippen molar-refractivity contribution in [2.75, 3.05) is 0 Å². The molecule has 0 spiro atoms. The van der Waals surface area contributed by atoms with Crippen LogP contribution in [0.2, 0.25) is 0 Å². The van der Waals surface area contributed by atoms with Crippen molar-refractivity contribution in [3.8, 4) is 0 Å². The smallest absolute Gasteiger partial charge is 0.200 e. The number of allylic oxidation sites excluding steroid dienone is 9. The van der Waals surface area contributed by atoms with Crippen molar-refractivity contribution in [1.82, 2.24) is 0 Å². The van der Waals surface area contributed by atoms with Gasteiger partial charge in [0.15, 0.2) is 11.6 Å². The molecule has 0 atom stereocenters. The number of aliphatic hydroxyl groups excluding tert-OH is 2. The normalized spacial score (nSPS) is 15.4. The van der Waals surface area contributed by atoms with Crippen LogP contribution in [0, 0.1) is 5.41 Å². The highest BCUT2D eigenvalue weighted by molar-refractivity contribution is 6.29. The second-order valence-electron chi connectivity index (χ2n) is 9.11. The number of aliphatic hydroxyl groups is 2. The summed E-state index contributed by atoms with van der Waals surface area (Å²) in [5, 5.41) is 22.5. The van der Waals surface area contributed by atoms with Crippen molar-refractivity contribution in [3.05, 3.63) is 93.5 Å². The van der Waals surface area contributed by atoms with Crippen molar-refractivity contribution >= 4 is 11.6 Å². The van der Waals surface area contributed by atoms with Crippen LogP contribution < -0.4 is 0 Å². The third-order valence-electron chi connectivity index (χ3n) is 5.62. The minimum absolute atomic E-state index is 0.155. The Bertz CT molecular complexity index is 1010. The van der Waals surface area contributed by atoms with Gasteiger partial charge in [-0.25, -0.2) is 0 Å². The number of rotatable bonds is 8. The highest BCUT2D eigenvalue weighted by Gasteiger charge is 2.50. The Morgan fingerprint density at radius 3 is 1.81 bits per heavy atom. The van der Waals surface area contributed by atoms with Gasteiger partial charge in [0.25, 0.3) is 0 Å². The summed E-state index contributed by atoms with van der Waals surface area (Å²) in [5.41, 5.74) is 1.97. The molecule has 0 radical (unpaired) electrons. The monoisotopic (exact) mass is 434 g/mol. The predicted molar refractivity (Wildman–Crippen MR) is 130 cm³/mol. The maximum absolute atomic E-state index is 13.9. The second kappa shape index (κ2) is 10.4. The molecule has 1 aliphatic carbocycles. The number of carbonyl (C=O) groups is 2. The molecule has 0 heterocycles. The molecule has 0 fully saturated rings. The van der Waals surface area contributed by atoms with Crippen LogP contribution in [0.1, 0.15) is 71.2 Å². The Morgan fingerprint density at radius 1 is 0.844 bits per heavy atom. The summed E-state index contributed by atoms with van der Waals surface area (Å²) in [5.74, 6) is -1.66. The quantitative estimate of drug-likeness (QED) is 0.259. The van der Waals surface area contributed by atoms with E-state index < -0.39 is 22.7 Å². The van der Waals surface area contributed by atoms with Gasteiger partial charge in [0, 0.05) is 11.1 Å². The lowest BCUT2D eigenvalue weighted by Gasteiger charge is -2.36. The number of ketones is 2. The molecule has 0 amide bonds. The highest BCUT2D eigenvalue weighted by Crippen LogP contribution is 2.47. The highest BCUT2D eigenvalue weighted by atomic mass is 16.3. The van der Waals surface area contributed by atoms with Crippen molar-refractivity contribution in [1.29, 1.82) is 0 Å². The van der Waals surface area contributed by atoms with Gasteiger partial charge in [-0.05, 0) is 60.8 Å². The van der Waals surface area contributed by atoms with Crippen molar-refractivity contribution in [2.45, 2.75) is 60.8 Å². The lowest BCUT2D eigenvalue weighted by molar-refractivity contribution is -0.124. The van der Waals surface area contributed by atoms with Crippen LogP contribution in [-0.4, -0.2) is 21.8 Å². The van der Waals surface area contributed by atoms with Gasteiger partial charge in [-0.15, -0.1) is 0 Å². The van der Waals surface area contributed by atoms with Gasteiger partial charge in [-0.1, -0.05) is 65.3 Å². The fourth-order valence-electron chi connectivity index (χ4n) is 3.67. The summed E-state index contributed by atoms with van der Waals surface area (Å²) >= 11 is 0. The fourth-order valence-corrected chi connectivity index (χ4v) is 3.67. The van der Waals surface area contributed by atoms with E-state index >= 15 is 0 Å². The molecular formula is C28H34O4. The molecule has 1 aromatic rings. The Hall–Kier alpha value is -3.14. The van der Waals surface area contributed by atoms with Crippen LogP contribution >= 0.6 is 0 Å². The van der Waals surface area contributed by atoms with Crippen LogP contribution in [0.25, 0.3) is 0 Å². The molecule has 2 N–H and O–H groups in total. The second-order valence-corrected chi connectivity index (χ2v) is 9.11. The third-order valence-corrected chi connectivity index (χ3v) is 5.62. The van der Waals surface area contributed by atoms with Gasteiger partial charge >= 0.3 is 0 Å². The van der Waals surface area contributed by atoms with E-state index in [1.807, 2.05) is 59.8 Å².